The van der Waals surface area contributed by atoms with E-state index in [0.29, 0.717) is 36.9 Å². The summed E-state index contributed by atoms with van der Waals surface area (Å²) >= 11 is 0. The zero-order valence-corrected chi connectivity index (χ0v) is 18.3. The van der Waals surface area contributed by atoms with Crippen LogP contribution in [0.1, 0.15) is 50.6 Å². The number of nitrogens with one attached hydrogen (secondary N) is 1. The maximum Gasteiger partial charge on any atom is 0.341 e. The normalized spacial score (nSPS) is 14.3. The molecule has 0 bridgehead atoms. The van der Waals surface area contributed by atoms with Crippen LogP contribution in [0, 0.1) is 0 Å². The van der Waals surface area contributed by atoms with Crippen molar-refractivity contribution in [3.05, 3.63) is 83.7 Å². The lowest BCUT2D eigenvalue weighted by molar-refractivity contribution is 0.0695. The lowest BCUT2D eigenvalue weighted by Gasteiger charge is -2.32. The number of amides is 1. The first-order valence-electron chi connectivity index (χ1n) is 11.0. The Balaban J connectivity index is 1.42. The highest BCUT2D eigenvalue weighted by molar-refractivity contribution is 6.00. The lowest BCUT2D eigenvalue weighted by atomic mass is 9.91. The van der Waals surface area contributed by atoms with E-state index in [4.69, 9.17) is 0 Å². The highest BCUT2D eigenvalue weighted by atomic mass is 16.4. The molecular weight excluding hydrogens is 434 g/mol. The van der Waals surface area contributed by atoms with Crippen LogP contribution >= 0.6 is 0 Å². The first-order chi connectivity index (χ1) is 16.6. The molecule has 1 aliphatic rings. The molecule has 0 atom stereocenters. The molecule has 0 saturated carbocycles. The van der Waals surface area contributed by atoms with Crippen molar-refractivity contribution < 1.29 is 14.7 Å². The molecule has 1 fully saturated rings. The van der Waals surface area contributed by atoms with Crippen molar-refractivity contribution in [1.29, 1.82) is 0 Å². The third-order valence-corrected chi connectivity index (χ3v) is 6.12. The summed E-state index contributed by atoms with van der Waals surface area (Å²) in [5.41, 5.74) is 2.61. The number of anilines is 1. The maximum absolute atomic E-state index is 13.5. The van der Waals surface area contributed by atoms with Crippen molar-refractivity contribution in [1.82, 2.24) is 29.5 Å². The SMILES string of the molecule is O=C(O)c1cnn2c(NCc3ccccc3)c(C(=O)N3CCC(c4cncnc4)CC3)cnc12. The molecule has 0 radical (unpaired) electrons. The summed E-state index contributed by atoms with van der Waals surface area (Å²) in [4.78, 5) is 39.4. The molecule has 34 heavy (non-hydrogen) atoms. The second-order valence-corrected chi connectivity index (χ2v) is 8.20. The van der Waals surface area contributed by atoms with Crippen LogP contribution in [0.2, 0.25) is 0 Å². The topological polar surface area (TPSA) is 126 Å². The van der Waals surface area contributed by atoms with Gasteiger partial charge in [0.1, 0.15) is 23.3 Å². The van der Waals surface area contributed by atoms with Crippen LogP contribution in [0.4, 0.5) is 5.82 Å². The van der Waals surface area contributed by atoms with Crippen LogP contribution in [0.3, 0.4) is 0 Å². The molecule has 0 aliphatic carbocycles. The van der Waals surface area contributed by atoms with Gasteiger partial charge in [0.2, 0.25) is 0 Å². The van der Waals surface area contributed by atoms with Crippen molar-refractivity contribution in [2.45, 2.75) is 25.3 Å². The first-order valence-corrected chi connectivity index (χ1v) is 11.0. The van der Waals surface area contributed by atoms with E-state index in [0.717, 1.165) is 24.0 Å². The van der Waals surface area contributed by atoms with Gasteiger partial charge in [0.25, 0.3) is 5.91 Å². The monoisotopic (exact) mass is 457 g/mol. The molecule has 1 amide bonds. The van der Waals surface area contributed by atoms with Crippen LogP contribution in [0.5, 0.6) is 0 Å². The van der Waals surface area contributed by atoms with E-state index >= 15 is 0 Å². The van der Waals surface area contributed by atoms with Crippen molar-refractivity contribution in [2.75, 3.05) is 18.4 Å². The molecule has 10 heteroatoms. The molecule has 4 heterocycles. The molecular formula is C24H23N7O3. The molecule has 1 aliphatic heterocycles. The second-order valence-electron chi connectivity index (χ2n) is 8.20. The fourth-order valence-corrected chi connectivity index (χ4v) is 4.30. The number of hydrogen-bond acceptors (Lipinski definition) is 7. The van der Waals surface area contributed by atoms with E-state index < -0.39 is 5.97 Å². The summed E-state index contributed by atoms with van der Waals surface area (Å²) in [6.45, 7) is 1.63. The number of aromatic carboxylic acids is 1. The minimum atomic E-state index is -1.12. The van der Waals surface area contributed by atoms with E-state index in [9.17, 15) is 14.7 Å². The van der Waals surface area contributed by atoms with Gasteiger partial charge in [0.15, 0.2) is 5.65 Å². The van der Waals surface area contributed by atoms with Gasteiger partial charge in [-0.3, -0.25) is 4.79 Å². The number of hydrogen-bond donors (Lipinski definition) is 2. The number of rotatable bonds is 6. The number of benzene rings is 1. The number of nitrogens with zero attached hydrogens (tertiary/aromatic N) is 6. The fourth-order valence-electron chi connectivity index (χ4n) is 4.30. The van der Waals surface area contributed by atoms with Crippen molar-refractivity contribution >= 4 is 23.3 Å². The summed E-state index contributed by atoms with van der Waals surface area (Å²) in [7, 11) is 0. The number of carbonyl (C=O) groups excluding carboxylic acids is 1. The molecule has 3 aromatic heterocycles. The minimum absolute atomic E-state index is 0.0207. The molecule has 1 aromatic carbocycles. The number of carboxylic acids is 1. The summed E-state index contributed by atoms with van der Waals surface area (Å²) in [6.07, 6.45) is 9.49. The Morgan fingerprint density at radius 3 is 2.44 bits per heavy atom. The highest BCUT2D eigenvalue weighted by Gasteiger charge is 2.28. The van der Waals surface area contributed by atoms with Crippen molar-refractivity contribution in [2.24, 2.45) is 0 Å². The van der Waals surface area contributed by atoms with Crippen LogP contribution in [-0.4, -0.2) is 59.5 Å². The predicted molar refractivity (Wildman–Crippen MR) is 124 cm³/mol. The average Bonchev–Trinajstić information content (AvgIpc) is 3.33. The zero-order chi connectivity index (χ0) is 23.5. The maximum atomic E-state index is 13.5. The van der Waals surface area contributed by atoms with Gasteiger partial charge in [0, 0.05) is 38.2 Å². The third-order valence-electron chi connectivity index (χ3n) is 6.12. The minimum Gasteiger partial charge on any atom is -0.477 e. The van der Waals surface area contributed by atoms with Gasteiger partial charge in [-0.25, -0.2) is 19.7 Å². The van der Waals surface area contributed by atoms with Crippen LogP contribution in [0.25, 0.3) is 5.65 Å². The molecule has 5 rings (SSSR count). The summed E-state index contributed by atoms with van der Waals surface area (Å²) in [6, 6.07) is 9.74. The van der Waals surface area contributed by atoms with Gasteiger partial charge in [-0.2, -0.15) is 9.61 Å². The van der Waals surface area contributed by atoms with Gasteiger partial charge in [-0.05, 0) is 29.9 Å². The Hall–Kier alpha value is -4.34. The fraction of sp³-hybridized carbons (Fsp3) is 0.250. The first kappa shape index (κ1) is 21.5. The second kappa shape index (κ2) is 9.26. The predicted octanol–water partition coefficient (Wildman–Crippen LogP) is 2.85. The number of likely N-dealkylation sites (tertiary alicyclic amines) is 1. The Kier molecular flexibility index (Phi) is 5.86. The third kappa shape index (κ3) is 4.17. The number of fused-ring (bicyclic) bond motifs is 1. The van der Waals surface area contributed by atoms with Crippen LogP contribution < -0.4 is 5.32 Å². The van der Waals surface area contributed by atoms with Crippen LogP contribution in [-0.2, 0) is 6.54 Å². The Morgan fingerprint density at radius 1 is 1.00 bits per heavy atom. The van der Waals surface area contributed by atoms with Crippen molar-refractivity contribution in [3.63, 3.8) is 0 Å². The van der Waals surface area contributed by atoms with E-state index in [1.807, 2.05) is 42.7 Å². The highest BCUT2D eigenvalue weighted by Crippen LogP contribution is 2.29. The molecule has 172 valence electrons. The van der Waals surface area contributed by atoms with Gasteiger partial charge in [-0.15, -0.1) is 0 Å². The lowest BCUT2D eigenvalue weighted by Crippen LogP contribution is -2.38. The summed E-state index contributed by atoms with van der Waals surface area (Å²) in [5, 5.41) is 17.0. The largest absolute Gasteiger partial charge is 0.477 e. The zero-order valence-electron chi connectivity index (χ0n) is 18.3. The molecule has 1 saturated heterocycles. The van der Waals surface area contributed by atoms with Gasteiger partial charge in [-0.1, -0.05) is 30.3 Å². The van der Waals surface area contributed by atoms with Gasteiger partial charge >= 0.3 is 5.97 Å². The van der Waals surface area contributed by atoms with Crippen molar-refractivity contribution in [3.8, 4) is 0 Å². The number of piperidine rings is 1. The Morgan fingerprint density at radius 2 is 1.74 bits per heavy atom. The van der Waals surface area contributed by atoms with E-state index in [-0.39, 0.29) is 17.1 Å². The number of carbonyl (C=O) groups is 2. The Bertz CT molecular complexity index is 1320. The van der Waals surface area contributed by atoms with Gasteiger partial charge in [0.05, 0.1) is 6.20 Å². The molecule has 10 nitrogen and oxygen atoms in total. The smallest absolute Gasteiger partial charge is 0.341 e. The van der Waals surface area contributed by atoms with E-state index in [2.05, 4.69) is 25.4 Å². The van der Waals surface area contributed by atoms with Gasteiger partial charge < -0.3 is 15.3 Å². The van der Waals surface area contributed by atoms with E-state index in [1.165, 1.54) is 23.2 Å². The average molecular weight is 457 g/mol. The summed E-state index contributed by atoms with van der Waals surface area (Å²) < 4.78 is 1.40. The van der Waals surface area contributed by atoms with E-state index in [1.54, 1.807) is 4.90 Å². The standard InChI is InChI=1S/C24H23N7O3/c32-23(30-8-6-17(7-9-30)18-11-25-15-26-12-18)19-13-28-22-20(24(33)34)14-29-31(22)21(19)27-10-16-4-2-1-3-5-16/h1-5,11-15,17,27H,6-10H2,(H,33,34). The van der Waals surface area contributed by atoms with Crippen LogP contribution in [0.15, 0.2) is 61.4 Å². The number of carboxylic acid groups (broad SMARTS) is 1. The molecule has 4 aromatic rings. The quantitative estimate of drug-likeness (QED) is 0.453. The summed E-state index contributed by atoms with van der Waals surface area (Å²) in [5.74, 6) is -0.557. The molecule has 0 unspecified atom stereocenters. The Labute approximate surface area is 195 Å². The molecule has 2 N–H and O–H groups in total. The molecule has 0 spiro atoms. The number of aromatic nitrogens is 5.